The monoisotopic (exact) mass is 284 g/mol. The fraction of sp³-hybridized carbons (Fsp3) is 0.562. The van der Waals surface area contributed by atoms with Gasteiger partial charge < -0.3 is 0 Å². The number of hydrogen-bond acceptors (Lipinski definition) is 1. The summed E-state index contributed by atoms with van der Waals surface area (Å²) in [5.41, 5.74) is 0.918. The van der Waals surface area contributed by atoms with E-state index in [-0.39, 0.29) is 22.6 Å². The Morgan fingerprint density at radius 2 is 2.00 bits per heavy atom. The molecule has 0 aromatic heterocycles. The van der Waals surface area contributed by atoms with E-state index in [1.807, 2.05) is 0 Å². The molecule has 0 spiro atoms. The van der Waals surface area contributed by atoms with Gasteiger partial charge in [-0.1, -0.05) is 45.4 Å². The van der Waals surface area contributed by atoms with Gasteiger partial charge in [-0.25, -0.2) is 4.39 Å². The fourth-order valence-electron chi connectivity index (χ4n) is 2.46. The van der Waals surface area contributed by atoms with Crippen LogP contribution in [-0.2, 0) is 11.2 Å². The van der Waals surface area contributed by atoms with E-state index >= 15 is 0 Å². The number of Topliss-reactive ketones (excluding diaryl/α,β-unsaturated/α-hetero) is 1. The molecular weight excluding hydrogens is 263 g/mol. The van der Waals surface area contributed by atoms with Gasteiger partial charge >= 0.3 is 0 Å². The van der Waals surface area contributed by atoms with Crippen LogP contribution >= 0.6 is 11.6 Å². The average molecular weight is 285 g/mol. The van der Waals surface area contributed by atoms with Gasteiger partial charge in [-0.3, -0.25) is 4.79 Å². The molecule has 0 radical (unpaired) electrons. The highest BCUT2D eigenvalue weighted by Crippen LogP contribution is 2.26. The highest BCUT2D eigenvalue weighted by atomic mass is 35.5. The maximum Gasteiger partial charge on any atom is 0.142 e. The second-order valence-electron chi connectivity index (χ2n) is 6.54. The van der Waals surface area contributed by atoms with Gasteiger partial charge in [0.25, 0.3) is 0 Å². The van der Waals surface area contributed by atoms with Gasteiger partial charge in [-0.05, 0) is 35.4 Å². The summed E-state index contributed by atoms with van der Waals surface area (Å²) in [6, 6.07) is 4.55. The van der Waals surface area contributed by atoms with Crippen molar-refractivity contribution in [2.45, 2.75) is 47.0 Å². The van der Waals surface area contributed by atoms with Crippen molar-refractivity contribution < 1.29 is 9.18 Å². The first-order valence-electron chi connectivity index (χ1n) is 6.63. The molecule has 1 aromatic rings. The Balaban J connectivity index is 2.53. The second-order valence-corrected chi connectivity index (χ2v) is 6.95. The third-order valence-corrected chi connectivity index (χ3v) is 3.23. The van der Waals surface area contributed by atoms with Gasteiger partial charge in [-0.15, -0.1) is 0 Å². The Labute approximate surface area is 120 Å². The lowest BCUT2D eigenvalue weighted by Crippen LogP contribution is -2.15. The van der Waals surface area contributed by atoms with Crippen molar-refractivity contribution in [2.24, 2.45) is 11.3 Å². The van der Waals surface area contributed by atoms with E-state index < -0.39 is 5.82 Å². The number of carbonyl (C=O) groups is 1. The minimum Gasteiger partial charge on any atom is -0.299 e. The van der Waals surface area contributed by atoms with Crippen molar-refractivity contribution in [2.75, 3.05) is 0 Å². The van der Waals surface area contributed by atoms with E-state index in [2.05, 4.69) is 27.7 Å². The zero-order valence-corrected chi connectivity index (χ0v) is 12.9. The van der Waals surface area contributed by atoms with Crippen LogP contribution in [0.1, 0.15) is 46.1 Å². The third kappa shape index (κ3) is 6.20. The molecule has 0 saturated carbocycles. The molecule has 0 aliphatic carbocycles. The summed E-state index contributed by atoms with van der Waals surface area (Å²) in [6.45, 7) is 8.60. The van der Waals surface area contributed by atoms with Crippen LogP contribution in [0, 0.1) is 17.2 Å². The second kappa shape index (κ2) is 6.51. The van der Waals surface area contributed by atoms with Gasteiger partial charge in [0.15, 0.2) is 0 Å². The quantitative estimate of drug-likeness (QED) is 0.739. The number of rotatable bonds is 5. The van der Waals surface area contributed by atoms with Crippen molar-refractivity contribution in [1.82, 2.24) is 0 Å². The highest BCUT2D eigenvalue weighted by molar-refractivity contribution is 6.30. The van der Waals surface area contributed by atoms with Crippen molar-refractivity contribution in [3.05, 3.63) is 34.6 Å². The van der Waals surface area contributed by atoms with Gasteiger partial charge in [0.2, 0.25) is 0 Å². The predicted octanol–water partition coefficient (Wildman–Crippen LogP) is 5.05. The molecule has 1 aromatic carbocycles. The van der Waals surface area contributed by atoms with Crippen LogP contribution in [0.2, 0.25) is 5.02 Å². The molecule has 0 N–H and O–H groups in total. The van der Waals surface area contributed by atoms with Crippen molar-refractivity contribution in [3.8, 4) is 0 Å². The number of hydrogen-bond donors (Lipinski definition) is 0. The molecule has 19 heavy (non-hydrogen) atoms. The summed E-state index contributed by atoms with van der Waals surface area (Å²) in [5, 5.41) is 0.0947. The first-order valence-corrected chi connectivity index (χ1v) is 7.01. The van der Waals surface area contributed by atoms with Gasteiger partial charge in [-0.2, -0.15) is 0 Å². The lowest BCUT2D eigenvalue weighted by Gasteiger charge is -2.22. The topological polar surface area (TPSA) is 17.1 Å². The number of carbonyl (C=O) groups excluding carboxylic acids is 1. The maximum atomic E-state index is 13.3. The van der Waals surface area contributed by atoms with Crippen LogP contribution in [0.4, 0.5) is 4.39 Å². The summed E-state index contributed by atoms with van der Waals surface area (Å²) in [7, 11) is 0. The molecule has 1 nitrogen and oxygen atoms in total. The average Bonchev–Trinajstić information content (AvgIpc) is 2.20. The first kappa shape index (κ1) is 16.2. The van der Waals surface area contributed by atoms with Crippen LogP contribution in [0.25, 0.3) is 0 Å². The van der Waals surface area contributed by atoms with Gasteiger partial charge in [0.1, 0.15) is 11.6 Å². The molecule has 106 valence electrons. The summed E-state index contributed by atoms with van der Waals surface area (Å²) in [5.74, 6) is 0.0397. The standard InChI is InChI=1S/C16H22ClFO/c1-11(10-16(2,3)4)7-13(19)8-12-5-6-14(17)15(18)9-12/h5-6,9,11H,7-8,10H2,1-4H3. The zero-order chi connectivity index (χ0) is 14.6. The van der Waals surface area contributed by atoms with E-state index in [1.165, 1.54) is 12.1 Å². The summed E-state index contributed by atoms with van der Waals surface area (Å²) in [4.78, 5) is 11.9. The predicted molar refractivity (Wildman–Crippen MR) is 78.0 cm³/mol. The number of halogens is 2. The molecule has 0 fully saturated rings. The van der Waals surface area contributed by atoms with E-state index in [4.69, 9.17) is 11.6 Å². The Hall–Kier alpha value is -0.890. The minimum atomic E-state index is -0.463. The number of benzene rings is 1. The Bertz CT molecular complexity index is 449. The van der Waals surface area contributed by atoms with Crippen LogP contribution in [0.15, 0.2) is 18.2 Å². The van der Waals surface area contributed by atoms with E-state index in [9.17, 15) is 9.18 Å². The SMILES string of the molecule is CC(CC(=O)Cc1ccc(Cl)c(F)c1)CC(C)(C)C. The lowest BCUT2D eigenvalue weighted by molar-refractivity contribution is -0.119. The summed E-state index contributed by atoms with van der Waals surface area (Å²) in [6.07, 6.45) is 1.83. The van der Waals surface area contributed by atoms with Gasteiger partial charge in [0.05, 0.1) is 5.02 Å². The number of ketones is 1. The normalized spacial score (nSPS) is 13.4. The molecule has 3 heteroatoms. The summed E-state index contributed by atoms with van der Waals surface area (Å²) < 4.78 is 13.3. The molecular formula is C16H22ClFO. The molecule has 1 unspecified atom stereocenters. The smallest absolute Gasteiger partial charge is 0.142 e. The van der Waals surface area contributed by atoms with E-state index in [1.54, 1.807) is 6.07 Å². The van der Waals surface area contributed by atoms with Crippen LogP contribution < -0.4 is 0 Å². The Kier molecular flexibility index (Phi) is 5.54. The maximum absolute atomic E-state index is 13.3. The molecule has 0 aliphatic rings. The van der Waals surface area contributed by atoms with Crippen LogP contribution in [-0.4, -0.2) is 5.78 Å². The zero-order valence-electron chi connectivity index (χ0n) is 12.1. The lowest BCUT2D eigenvalue weighted by atomic mass is 9.83. The van der Waals surface area contributed by atoms with Gasteiger partial charge in [0, 0.05) is 12.8 Å². The van der Waals surface area contributed by atoms with E-state index in [0.717, 1.165) is 6.42 Å². The molecule has 0 saturated heterocycles. The molecule has 0 amide bonds. The fourth-order valence-corrected chi connectivity index (χ4v) is 2.57. The largest absolute Gasteiger partial charge is 0.299 e. The Morgan fingerprint density at radius 3 is 2.53 bits per heavy atom. The molecule has 0 heterocycles. The van der Waals surface area contributed by atoms with E-state index in [0.29, 0.717) is 17.9 Å². The molecule has 1 atom stereocenters. The van der Waals surface area contributed by atoms with Crippen molar-refractivity contribution >= 4 is 17.4 Å². The van der Waals surface area contributed by atoms with Crippen molar-refractivity contribution in [3.63, 3.8) is 0 Å². The third-order valence-electron chi connectivity index (χ3n) is 2.92. The van der Waals surface area contributed by atoms with Crippen LogP contribution in [0.3, 0.4) is 0 Å². The minimum absolute atomic E-state index is 0.0947. The highest BCUT2D eigenvalue weighted by Gasteiger charge is 2.18. The molecule has 1 rings (SSSR count). The first-order chi connectivity index (χ1) is 8.67. The molecule has 0 bridgehead atoms. The van der Waals surface area contributed by atoms with Crippen LogP contribution in [0.5, 0.6) is 0 Å². The summed E-state index contributed by atoms with van der Waals surface area (Å²) >= 11 is 5.61. The van der Waals surface area contributed by atoms with Crippen molar-refractivity contribution in [1.29, 1.82) is 0 Å². The Morgan fingerprint density at radius 1 is 1.37 bits per heavy atom. The molecule has 0 aliphatic heterocycles.